The molecule has 0 unspecified atom stereocenters. The topological polar surface area (TPSA) is 0 Å². The van der Waals surface area contributed by atoms with Gasteiger partial charge in [-0.15, -0.1) is 0 Å². The van der Waals surface area contributed by atoms with Gasteiger partial charge in [0, 0.05) is 5.56 Å². The van der Waals surface area contributed by atoms with Crippen molar-refractivity contribution in [2.24, 2.45) is 0 Å². The first-order chi connectivity index (χ1) is 7.59. The Bertz CT molecular complexity index is 538. The van der Waals surface area contributed by atoms with E-state index in [1.54, 1.807) is 0 Å². The first-order valence-electron chi connectivity index (χ1n) is 4.49. The van der Waals surface area contributed by atoms with Crippen molar-refractivity contribution in [1.82, 2.24) is 0 Å². The minimum Gasteiger partial charge on any atom is -0.205 e. The summed E-state index contributed by atoms with van der Waals surface area (Å²) in [4.78, 5) is 0. The van der Waals surface area contributed by atoms with Crippen molar-refractivity contribution in [3.05, 3.63) is 58.9 Å². The van der Waals surface area contributed by atoms with Crippen LogP contribution in [0.1, 0.15) is 0 Å². The molecule has 0 spiro atoms. The Morgan fingerprint density at radius 1 is 0.812 bits per heavy atom. The van der Waals surface area contributed by atoms with Crippen LogP contribution in [0.25, 0.3) is 11.1 Å². The van der Waals surface area contributed by atoms with Gasteiger partial charge in [-0.2, -0.15) is 0 Å². The minimum atomic E-state index is -0.988. The van der Waals surface area contributed by atoms with Gasteiger partial charge in [-0.25, -0.2) is 13.2 Å². The third-order valence-electron chi connectivity index (χ3n) is 2.18. The van der Waals surface area contributed by atoms with Gasteiger partial charge in [0.2, 0.25) is 0 Å². The Labute approximate surface area is 95.3 Å². The van der Waals surface area contributed by atoms with Crippen LogP contribution in [0.3, 0.4) is 0 Å². The van der Waals surface area contributed by atoms with E-state index in [-0.39, 0.29) is 5.02 Å². The molecule has 0 saturated heterocycles. The fraction of sp³-hybridized carbons (Fsp3) is 0. The lowest BCUT2D eigenvalue weighted by molar-refractivity contribution is 0.509. The Morgan fingerprint density at radius 3 is 2.25 bits per heavy atom. The molecule has 0 bridgehead atoms. The van der Waals surface area contributed by atoms with Crippen LogP contribution >= 0.6 is 11.6 Å². The third kappa shape index (κ3) is 1.91. The summed E-state index contributed by atoms with van der Waals surface area (Å²) in [5.74, 6) is -2.53. The van der Waals surface area contributed by atoms with Crippen molar-refractivity contribution < 1.29 is 13.2 Å². The molecule has 0 nitrogen and oxygen atoms in total. The zero-order valence-electron chi connectivity index (χ0n) is 7.98. The van der Waals surface area contributed by atoms with Gasteiger partial charge >= 0.3 is 0 Å². The lowest BCUT2D eigenvalue weighted by atomic mass is 10.1. The molecule has 0 saturated carbocycles. The molecule has 0 atom stereocenters. The Kier molecular flexibility index (Phi) is 2.88. The van der Waals surface area contributed by atoms with Crippen molar-refractivity contribution in [1.29, 1.82) is 0 Å². The molecule has 0 aromatic heterocycles. The monoisotopic (exact) mass is 242 g/mol. The fourth-order valence-corrected chi connectivity index (χ4v) is 1.63. The molecular formula is C12H6ClF3. The van der Waals surface area contributed by atoms with Crippen molar-refractivity contribution in [2.45, 2.75) is 0 Å². The van der Waals surface area contributed by atoms with Gasteiger partial charge < -0.3 is 0 Å². The van der Waals surface area contributed by atoms with Gasteiger partial charge in [0.05, 0.1) is 5.02 Å². The number of halogens is 4. The van der Waals surface area contributed by atoms with E-state index in [0.717, 1.165) is 12.1 Å². The Morgan fingerprint density at radius 2 is 1.56 bits per heavy atom. The van der Waals surface area contributed by atoms with Crippen LogP contribution in [0.5, 0.6) is 0 Å². The van der Waals surface area contributed by atoms with Gasteiger partial charge in [0.1, 0.15) is 5.82 Å². The highest BCUT2D eigenvalue weighted by Crippen LogP contribution is 2.30. The molecule has 0 heterocycles. The van der Waals surface area contributed by atoms with Gasteiger partial charge in [0.15, 0.2) is 11.6 Å². The summed E-state index contributed by atoms with van der Waals surface area (Å²) >= 11 is 5.73. The first-order valence-corrected chi connectivity index (χ1v) is 4.87. The third-order valence-corrected chi connectivity index (χ3v) is 2.57. The highest BCUT2D eigenvalue weighted by molar-refractivity contribution is 6.33. The molecular weight excluding hydrogens is 237 g/mol. The summed E-state index contributed by atoms with van der Waals surface area (Å²) in [6, 6.07) is 7.50. The minimum absolute atomic E-state index is 0.103. The summed E-state index contributed by atoms with van der Waals surface area (Å²) in [6.45, 7) is 0. The maximum atomic E-state index is 13.1. The van der Waals surface area contributed by atoms with E-state index in [1.807, 2.05) is 0 Å². The predicted molar refractivity (Wildman–Crippen MR) is 56.8 cm³/mol. The molecule has 0 aliphatic rings. The molecule has 0 N–H and O–H groups in total. The second kappa shape index (κ2) is 4.18. The van der Waals surface area contributed by atoms with E-state index in [0.29, 0.717) is 11.1 Å². The molecule has 2 aromatic rings. The largest absolute Gasteiger partial charge is 0.205 e. The lowest BCUT2D eigenvalue weighted by Crippen LogP contribution is -1.87. The SMILES string of the molecule is Fc1ccc(-c2cccc(F)c2Cl)cc1F. The molecule has 0 aliphatic heterocycles. The smallest absolute Gasteiger partial charge is 0.159 e. The summed E-state index contributed by atoms with van der Waals surface area (Å²) in [6.07, 6.45) is 0. The van der Waals surface area contributed by atoms with E-state index < -0.39 is 17.5 Å². The van der Waals surface area contributed by atoms with E-state index in [1.165, 1.54) is 24.3 Å². The number of hydrogen-bond acceptors (Lipinski definition) is 0. The molecule has 4 heteroatoms. The summed E-state index contributed by atoms with van der Waals surface area (Å²) in [5, 5.41) is -0.103. The summed E-state index contributed by atoms with van der Waals surface area (Å²) < 4.78 is 38.8. The van der Waals surface area contributed by atoms with Crippen LogP contribution in [0.4, 0.5) is 13.2 Å². The highest BCUT2D eigenvalue weighted by Gasteiger charge is 2.10. The van der Waals surface area contributed by atoms with Gasteiger partial charge in [0.25, 0.3) is 0 Å². The van der Waals surface area contributed by atoms with E-state index in [2.05, 4.69) is 0 Å². The van der Waals surface area contributed by atoms with E-state index >= 15 is 0 Å². The molecule has 2 rings (SSSR count). The summed E-state index contributed by atoms with van der Waals surface area (Å²) in [7, 11) is 0. The van der Waals surface area contributed by atoms with Crippen molar-refractivity contribution in [2.75, 3.05) is 0 Å². The van der Waals surface area contributed by atoms with Crippen molar-refractivity contribution >= 4 is 11.6 Å². The first kappa shape index (κ1) is 11.0. The second-order valence-electron chi connectivity index (χ2n) is 3.23. The van der Waals surface area contributed by atoms with Crippen LogP contribution in [-0.2, 0) is 0 Å². The lowest BCUT2D eigenvalue weighted by Gasteiger charge is -2.05. The van der Waals surface area contributed by atoms with E-state index in [9.17, 15) is 13.2 Å². The van der Waals surface area contributed by atoms with Crippen LogP contribution < -0.4 is 0 Å². The fourth-order valence-electron chi connectivity index (χ4n) is 1.39. The molecule has 0 aliphatic carbocycles. The van der Waals surface area contributed by atoms with Gasteiger partial charge in [-0.3, -0.25) is 0 Å². The predicted octanol–water partition coefficient (Wildman–Crippen LogP) is 4.42. The Balaban J connectivity index is 2.59. The quantitative estimate of drug-likeness (QED) is 0.694. The molecule has 0 radical (unpaired) electrons. The van der Waals surface area contributed by atoms with Crippen LogP contribution in [0.15, 0.2) is 36.4 Å². The van der Waals surface area contributed by atoms with Crippen LogP contribution in [-0.4, -0.2) is 0 Å². The zero-order valence-corrected chi connectivity index (χ0v) is 8.73. The number of benzene rings is 2. The standard InChI is InChI=1S/C12H6ClF3/c13-12-8(2-1-3-10(12)15)7-4-5-9(14)11(16)6-7/h1-6H. The van der Waals surface area contributed by atoms with Crippen LogP contribution in [0, 0.1) is 17.5 Å². The van der Waals surface area contributed by atoms with Gasteiger partial charge in [-0.1, -0.05) is 29.8 Å². The molecule has 2 aromatic carbocycles. The summed E-state index contributed by atoms with van der Waals surface area (Å²) in [5.41, 5.74) is 0.670. The normalized spacial score (nSPS) is 10.5. The number of hydrogen-bond donors (Lipinski definition) is 0. The zero-order chi connectivity index (χ0) is 11.7. The van der Waals surface area contributed by atoms with Crippen LogP contribution in [0.2, 0.25) is 5.02 Å². The average molecular weight is 243 g/mol. The molecule has 0 amide bonds. The average Bonchev–Trinajstić information content (AvgIpc) is 2.26. The van der Waals surface area contributed by atoms with Crippen molar-refractivity contribution in [3.63, 3.8) is 0 Å². The Hall–Kier alpha value is -1.48. The molecule has 82 valence electrons. The highest BCUT2D eigenvalue weighted by atomic mass is 35.5. The number of rotatable bonds is 1. The maximum Gasteiger partial charge on any atom is 0.159 e. The van der Waals surface area contributed by atoms with Crippen molar-refractivity contribution in [3.8, 4) is 11.1 Å². The molecule has 0 fully saturated rings. The second-order valence-corrected chi connectivity index (χ2v) is 3.61. The van der Waals surface area contributed by atoms with Gasteiger partial charge in [-0.05, 0) is 23.8 Å². The molecule has 16 heavy (non-hydrogen) atoms. The maximum absolute atomic E-state index is 13.1. The van der Waals surface area contributed by atoms with E-state index in [4.69, 9.17) is 11.6 Å².